The van der Waals surface area contributed by atoms with Crippen LogP contribution >= 0.6 is 0 Å². The molecule has 0 atom stereocenters. The van der Waals surface area contributed by atoms with Gasteiger partial charge in [-0.1, -0.05) is 49.4 Å². The van der Waals surface area contributed by atoms with Crippen molar-refractivity contribution in [1.29, 1.82) is 0 Å². The van der Waals surface area contributed by atoms with Crippen LogP contribution in [0.4, 0.5) is 4.39 Å². The Kier molecular flexibility index (Phi) is 3.35. The number of hydrogen-bond acceptors (Lipinski definition) is 0. The minimum absolute atomic E-state index is 0.402. The zero-order valence-electron chi connectivity index (χ0n) is 9.41. The molecule has 1 heteroatoms. The third kappa shape index (κ3) is 2.30. The Morgan fingerprint density at radius 1 is 0.875 bits per heavy atom. The molecule has 0 nitrogen and oxygen atoms in total. The molecule has 0 amide bonds. The van der Waals surface area contributed by atoms with Crippen LogP contribution in [-0.2, 0) is 13.1 Å². The molecule has 0 saturated carbocycles. The van der Waals surface area contributed by atoms with Crippen LogP contribution in [0, 0.1) is 0 Å². The van der Waals surface area contributed by atoms with Crippen molar-refractivity contribution in [3.8, 4) is 11.1 Å². The van der Waals surface area contributed by atoms with Crippen molar-refractivity contribution >= 4 is 0 Å². The number of rotatable bonds is 3. The van der Waals surface area contributed by atoms with E-state index in [0.717, 1.165) is 23.1 Å². The summed E-state index contributed by atoms with van der Waals surface area (Å²) in [6, 6.07) is 16.1. The normalized spacial score (nSPS) is 10.4. The van der Waals surface area contributed by atoms with Gasteiger partial charge in [0.15, 0.2) is 0 Å². The zero-order chi connectivity index (χ0) is 11.4. The fourth-order valence-electron chi connectivity index (χ4n) is 1.77. The number of benzene rings is 2. The van der Waals surface area contributed by atoms with Crippen LogP contribution in [0.15, 0.2) is 48.5 Å². The third-order valence-electron chi connectivity index (χ3n) is 2.78. The second-order valence-electron chi connectivity index (χ2n) is 3.88. The lowest BCUT2D eigenvalue weighted by molar-refractivity contribution is 0.485. The Bertz CT molecular complexity index is 457. The van der Waals surface area contributed by atoms with E-state index in [2.05, 4.69) is 31.2 Å². The predicted molar refractivity (Wildman–Crippen MR) is 66.1 cm³/mol. The highest BCUT2D eigenvalue weighted by Crippen LogP contribution is 2.21. The SMILES string of the molecule is CCc1ccc(-c2cccc(CF)c2)cc1. The highest BCUT2D eigenvalue weighted by Gasteiger charge is 1.99. The van der Waals surface area contributed by atoms with Crippen molar-refractivity contribution in [2.75, 3.05) is 0 Å². The van der Waals surface area contributed by atoms with Crippen LogP contribution in [-0.4, -0.2) is 0 Å². The molecule has 0 heterocycles. The summed E-state index contributed by atoms with van der Waals surface area (Å²) in [4.78, 5) is 0. The van der Waals surface area contributed by atoms with Crippen LogP contribution in [0.3, 0.4) is 0 Å². The molecule has 0 unspecified atom stereocenters. The summed E-state index contributed by atoms with van der Waals surface area (Å²) in [6.07, 6.45) is 1.05. The van der Waals surface area contributed by atoms with Crippen LogP contribution in [0.1, 0.15) is 18.1 Å². The van der Waals surface area contributed by atoms with Gasteiger partial charge in [0.2, 0.25) is 0 Å². The predicted octanol–water partition coefficient (Wildman–Crippen LogP) is 4.39. The van der Waals surface area contributed by atoms with E-state index < -0.39 is 6.67 Å². The van der Waals surface area contributed by atoms with Gasteiger partial charge >= 0.3 is 0 Å². The van der Waals surface area contributed by atoms with E-state index in [-0.39, 0.29) is 0 Å². The van der Waals surface area contributed by atoms with E-state index in [4.69, 9.17) is 0 Å². The van der Waals surface area contributed by atoms with Gasteiger partial charge in [-0.2, -0.15) is 0 Å². The van der Waals surface area contributed by atoms with Gasteiger partial charge in [-0.05, 0) is 34.7 Å². The molecule has 2 rings (SSSR count). The lowest BCUT2D eigenvalue weighted by atomic mass is 10.0. The first-order valence-electron chi connectivity index (χ1n) is 5.57. The van der Waals surface area contributed by atoms with Gasteiger partial charge < -0.3 is 0 Å². The van der Waals surface area contributed by atoms with Gasteiger partial charge in [0, 0.05) is 0 Å². The monoisotopic (exact) mass is 214 g/mol. The molecule has 0 fully saturated rings. The first-order valence-corrected chi connectivity index (χ1v) is 5.57. The first kappa shape index (κ1) is 10.9. The lowest BCUT2D eigenvalue weighted by Crippen LogP contribution is -1.83. The van der Waals surface area contributed by atoms with Crippen molar-refractivity contribution in [3.05, 3.63) is 59.7 Å². The van der Waals surface area contributed by atoms with E-state index in [1.165, 1.54) is 5.56 Å². The number of halogens is 1. The molecule has 2 aromatic rings. The van der Waals surface area contributed by atoms with Crippen molar-refractivity contribution in [2.45, 2.75) is 20.0 Å². The molecular weight excluding hydrogens is 199 g/mol. The van der Waals surface area contributed by atoms with Crippen LogP contribution < -0.4 is 0 Å². The maximum atomic E-state index is 12.5. The Hall–Kier alpha value is -1.63. The molecule has 0 spiro atoms. The molecule has 0 aliphatic heterocycles. The Morgan fingerprint density at radius 3 is 2.25 bits per heavy atom. The van der Waals surface area contributed by atoms with E-state index in [9.17, 15) is 4.39 Å². The lowest BCUT2D eigenvalue weighted by Gasteiger charge is -2.04. The Morgan fingerprint density at radius 2 is 1.62 bits per heavy atom. The fraction of sp³-hybridized carbons (Fsp3) is 0.200. The summed E-state index contributed by atoms with van der Waals surface area (Å²) in [5.74, 6) is 0. The van der Waals surface area contributed by atoms with E-state index >= 15 is 0 Å². The van der Waals surface area contributed by atoms with Crippen molar-refractivity contribution in [3.63, 3.8) is 0 Å². The first-order chi connectivity index (χ1) is 7.83. The molecular formula is C15H15F. The van der Waals surface area contributed by atoms with Crippen LogP contribution in [0.5, 0.6) is 0 Å². The second-order valence-corrected chi connectivity index (χ2v) is 3.88. The van der Waals surface area contributed by atoms with Gasteiger partial charge in [0.1, 0.15) is 6.67 Å². The minimum atomic E-state index is -0.402. The molecule has 0 saturated heterocycles. The summed E-state index contributed by atoms with van der Waals surface area (Å²) < 4.78 is 12.5. The smallest absolute Gasteiger partial charge is 0.115 e. The van der Waals surface area contributed by atoms with Gasteiger partial charge in [0.05, 0.1) is 0 Å². The highest BCUT2D eigenvalue weighted by atomic mass is 19.1. The number of alkyl halides is 1. The molecule has 2 aromatic carbocycles. The standard InChI is InChI=1S/C15H15F/c1-2-12-6-8-14(9-7-12)15-5-3-4-13(10-15)11-16/h3-10H,2,11H2,1H3. The molecule has 0 N–H and O–H groups in total. The molecule has 0 bridgehead atoms. The molecule has 82 valence electrons. The number of hydrogen-bond donors (Lipinski definition) is 0. The van der Waals surface area contributed by atoms with Crippen molar-refractivity contribution in [1.82, 2.24) is 0 Å². The summed E-state index contributed by atoms with van der Waals surface area (Å²) in [7, 11) is 0. The van der Waals surface area contributed by atoms with Crippen LogP contribution in [0.2, 0.25) is 0 Å². The summed E-state index contributed by atoms with van der Waals surface area (Å²) >= 11 is 0. The summed E-state index contributed by atoms with van der Waals surface area (Å²) in [6.45, 7) is 1.74. The maximum absolute atomic E-state index is 12.5. The van der Waals surface area contributed by atoms with Gasteiger partial charge in [-0.3, -0.25) is 0 Å². The Balaban J connectivity index is 2.34. The molecule has 0 aliphatic rings. The summed E-state index contributed by atoms with van der Waals surface area (Å²) in [5.41, 5.74) is 4.28. The van der Waals surface area contributed by atoms with Crippen molar-refractivity contribution in [2.24, 2.45) is 0 Å². The molecule has 0 aliphatic carbocycles. The highest BCUT2D eigenvalue weighted by molar-refractivity contribution is 5.64. The second kappa shape index (κ2) is 4.93. The average Bonchev–Trinajstić information content (AvgIpc) is 2.39. The average molecular weight is 214 g/mol. The van der Waals surface area contributed by atoms with E-state index in [1.807, 2.05) is 24.3 Å². The minimum Gasteiger partial charge on any atom is -0.246 e. The van der Waals surface area contributed by atoms with Crippen LogP contribution in [0.25, 0.3) is 11.1 Å². The third-order valence-corrected chi connectivity index (χ3v) is 2.78. The summed E-state index contributed by atoms with van der Waals surface area (Å²) in [5, 5.41) is 0. The van der Waals surface area contributed by atoms with Crippen molar-refractivity contribution < 1.29 is 4.39 Å². The molecule has 0 aromatic heterocycles. The van der Waals surface area contributed by atoms with E-state index in [1.54, 1.807) is 0 Å². The molecule has 16 heavy (non-hydrogen) atoms. The quantitative estimate of drug-likeness (QED) is 0.711. The zero-order valence-corrected chi connectivity index (χ0v) is 9.41. The maximum Gasteiger partial charge on any atom is 0.115 e. The topological polar surface area (TPSA) is 0 Å². The fourth-order valence-corrected chi connectivity index (χ4v) is 1.77. The van der Waals surface area contributed by atoms with E-state index in [0.29, 0.717) is 0 Å². The van der Waals surface area contributed by atoms with Gasteiger partial charge in [-0.15, -0.1) is 0 Å². The number of aryl methyl sites for hydroxylation is 1. The largest absolute Gasteiger partial charge is 0.246 e. The van der Waals surface area contributed by atoms with Gasteiger partial charge in [0.25, 0.3) is 0 Å². The van der Waals surface area contributed by atoms with Gasteiger partial charge in [-0.25, -0.2) is 4.39 Å². The Labute approximate surface area is 95.7 Å². The molecule has 0 radical (unpaired) electrons.